The molecule has 1 N–H and O–H groups in total. The molecule has 0 saturated carbocycles. The van der Waals surface area contributed by atoms with Crippen LogP contribution in [-0.2, 0) is 27.1 Å². The molecule has 156 valence electrons. The summed E-state index contributed by atoms with van der Waals surface area (Å²) in [5.74, 6) is -0.811. The van der Waals surface area contributed by atoms with E-state index >= 15 is 0 Å². The van der Waals surface area contributed by atoms with Gasteiger partial charge in [0.25, 0.3) is 0 Å². The molecule has 2 aromatic carbocycles. The predicted octanol–water partition coefficient (Wildman–Crippen LogP) is 5.01. The summed E-state index contributed by atoms with van der Waals surface area (Å²) in [6, 6.07) is 11.5. The minimum absolute atomic E-state index is 0.0271. The smallest absolute Gasteiger partial charge is 0.416 e. The van der Waals surface area contributed by atoms with Crippen LogP contribution in [0.5, 0.6) is 0 Å². The molecular formula is C21H22F3NO4. The van der Waals surface area contributed by atoms with Crippen molar-refractivity contribution in [1.29, 1.82) is 0 Å². The van der Waals surface area contributed by atoms with Gasteiger partial charge in [-0.05, 0) is 44.0 Å². The summed E-state index contributed by atoms with van der Waals surface area (Å²) in [5, 5.41) is 2.37. The molecule has 0 fully saturated rings. The van der Waals surface area contributed by atoms with Gasteiger partial charge in [-0.15, -0.1) is 0 Å². The Balaban J connectivity index is 2.16. The summed E-state index contributed by atoms with van der Waals surface area (Å²) < 4.78 is 48.8. The van der Waals surface area contributed by atoms with E-state index in [0.29, 0.717) is 0 Å². The molecule has 1 amide bonds. The number of hydrogen-bond acceptors (Lipinski definition) is 4. The van der Waals surface area contributed by atoms with Gasteiger partial charge in [-0.3, -0.25) is 0 Å². The Morgan fingerprint density at radius 2 is 1.55 bits per heavy atom. The molecule has 0 aliphatic heterocycles. The topological polar surface area (TPSA) is 64.6 Å². The van der Waals surface area contributed by atoms with Crippen LogP contribution < -0.4 is 5.32 Å². The van der Waals surface area contributed by atoms with Gasteiger partial charge >= 0.3 is 18.2 Å². The van der Waals surface area contributed by atoms with Crippen LogP contribution in [0.4, 0.5) is 18.0 Å². The molecule has 0 saturated heterocycles. The van der Waals surface area contributed by atoms with E-state index in [4.69, 9.17) is 9.47 Å². The fraction of sp³-hybridized carbons (Fsp3) is 0.333. The Bertz CT molecular complexity index is 828. The molecule has 2 rings (SSSR count). The van der Waals surface area contributed by atoms with Gasteiger partial charge in [-0.2, -0.15) is 13.2 Å². The summed E-state index contributed by atoms with van der Waals surface area (Å²) in [6.07, 6.45) is -5.41. The maximum absolute atomic E-state index is 12.8. The standard InChI is InChI=1S/C21H22F3NO4/c1-20(2,3)29-18(26)17(15-9-11-16(12-10-15)21(22,23)24)25-19(27)28-13-14-7-5-4-6-8-14/h4-12,17H,13H2,1-3H3,(H,25,27)/t17-/m0/s1. The average Bonchev–Trinajstić information content (AvgIpc) is 2.63. The lowest BCUT2D eigenvalue weighted by Gasteiger charge is -2.25. The van der Waals surface area contributed by atoms with Gasteiger partial charge in [-0.25, -0.2) is 9.59 Å². The predicted molar refractivity (Wildman–Crippen MR) is 99.8 cm³/mol. The van der Waals surface area contributed by atoms with E-state index in [1.165, 1.54) is 0 Å². The highest BCUT2D eigenvalue weighted by molar-refractivity contribution is 5.83. The fourth-order valence-corrected chi connectivity index (χ4v) is 2.39. The molecule has 0 aliphatic carbocycles. The first kappa shape index (κ1) is 22.3. The van der Waals surface area contributed by atoms with E-state index in [9.17, 15) is 22.8 Å². The highest BCUT2D eigenvalue weighted by Crippen LogP contribution is 2.30. The van der Waals surface area contributed by atoms with Crippen molar-refractivity contribution >= 4 is 12.1 Å². The molecule has 0 unspecified atom stereocenters. The molecule has 0 heterocycles. The highest BCUT2D eigenvalue weighted by Gasteiger charge is 2.32. The number of halogens is 3. The lowest BCUT2D eigenvalue weighted by Crippen LogP contribution is -2.38. The number of nitrogens with one attached hydrogen (secondary N) is 1. The van der Waals surface area contributed by atoms with Crippen molar-refractivity contribution in [3.8, 4) is 0 Å². The van der Waals surface area contributed by atoms with Crippen LogP contribution in [0.2, 0.25) is 0 Å². The molecule has 1 atom stereocenters. The average molecular weight is 409 g/mol. The Labute approximate surface area is 166 Å². The maximum atomic E-state index is 12.8. The number of alkyl halides is 3. The third-order valence-electron chi connectivity index (χ3n) is 3.69. The second-order valence-electron chi connectivity index (χ2n) is 7.29. The van der Waals surface area contributed by atoms with Crippen LogP contribution in [0.25, 0.3) is 0 Å². The number of alkyl carbamates (subject to hydrolysis) is 1. The van der Waals surface area contributed by atoms with Crippen LogP contribution in [0.1, 0.15) is 43.5 Å². The van der Waals surface area contributed by atoms with Crippen LogP contribution in [-0.4, -0.2) is 17.7 Å². The normalized spacial score (nSPS) is 12.8. The third-order valence-corrected chi connectivity index (χ3v) is 3.69. The van der Waals surface area contributed by atoms with Gasteiger partial charge in [0, 0.05) is 0 Å². The highest BCUT2D eigenvalue weighted by atomic mass is 19.4. The molecule has 0 aromatic heterocycles. The van der Waals surface area contributed by atoms with Gasteiger partial charge in [0.1, 0.15) is 12.2 Å². The fourth-order valence-electron chi connectivity index (χ4n) is 2.39. The molecule has 0 radical (unpaired) electrons. The monoisotopic (exact) mass is 409 g/mol. The van der Waals surface area contributed by atoms with E-state index in [1.54, 1.807) is 45.0 Å². The number of esters is 1. The van der Waals surface area contributed by atoms with E-state index in [2.05, 4.69) is 5.32 Å². The number of ether oxygens (including phenoxy) is 2. The van der Waals surface area contributed by atoms with Crippen molar-refractivity contribution in [1.82, 2.24) is 5.32 Å². The van der Waals surface area contributed by atoms with E-state index < -0.39 is 35.4 Å². The number of hydrogen-bond donors (Lipinski definition) is 1. The first-order valence-electron chi connectivity index (χ1n) is 8.83. The lowest BCUT2D eigenvalue weighted by molar-refractivity contribution is -0.157. The van der Waals surface area contributed by atoms with Crippen LogP contribution >= 0.6 is 0 Å². The quantitative estimate of drug-likeness (QED) is 0.705. The van der Waals surface area contributed by atoms with E-state index in [-0.39, 0.29) is 12.2 Å². The molecule has 0 aliphatic rings. The first-order chi connectivity index (χ1) is 13.5. The molecule has 0 spiro atoms. The van der Waals surface area contributed by atoms with Crippen LogP contribution in [0.3, 0.4) is 0 Å². The first-order valence-corrected chi connectivity index (χ1v) is 8.83. The van der Waals surface area contributed by atoms with Gasteiger partial charge in [0.2, 0.25) is 0 Å². The Hall–Kier alpha value is -3.03. The Kier molecular flexibility index (Phi) is 6.89. The zero-order valence-electron chi connectivity index (χ0n) is 16.2. The van der Waals surface area contributed by atoms with Crippen molar-refractivity contribution in [3.05, 3.63) is 71.3 Å². The van der Waals surface area contributed by atoms with Gasteiger partial charge in [0.05, 0.1) is 5.56 Å². The Morgan fingerprint density at radius 3 is 2.07 bits per heavy atom. The molecule has 5 nitrogen and oxygen atoms in total. The second-order valence-corrected chi connectivity index (χ2v) is 7.29. The summed E-state index contributed by atoms with van der Waals surface area (Å²) >= 11 is 0. The molecular weight excluding hydrogens is 387 g/mol. The second kappa shape index (κ2) is 8.98. The SMILES string of the molecule is CC(C)(C)OC(=O)[C@@H](NC(=O)OCc1ccccc1)c1ccc(C(F)(F)F)cc1. The number of amides is 1. The van der Waals surface area contributed by atoms with Crippen LogP contribution in [0.15, 0.2) is 54.6 Å². The molecule has 29 heavy (non-hydrogen) atoms. The number of rotatable bonds is 5. The molecule has 2 aromatic rings. The van der Waals surface area contributed by atoms with Crippen molar-refractivity contribution in [2.24, 2.45) is 0 Å². The van der Waals surface area contributed by atoms with Crippen molar-refractivity contribution in [3.63, 3.8) is 0 Å². The van der Waals surface area contributed by atoms with Crippen molar-refractivity contribution in [2.75, 3.05) is 0 Å². The van der Waals surface area contributed by atoms with Crippen molar-refractivity contribution < 1.29 is 32.2 Å². The maximum Gasteiger partial charge on any atom is 0.416 e. The summed E-state index contributed by atoms with van der Waals surface area (Å²) in [4.78, 5) is 24.7. The largest absolute Gasteiger partial charge is 0.458 e. The van der Waals surface area contributed by atoms with Gasteiger partial charge in [-0.1, -0.05) is 42.5 Å². The minimum atomic E-state index is -4.51. The number of carbonyl (C=O) groups is 2. The van der Waals surface area contributed by atoms with Gasteiger partial charge in [0.15, 0.2) is 6.04 Å². The summed E-state index contributed by atoms with van der Waals surface area (Å²) in [6.45, 7) is 4.90. The third kappa shape index (κ3) is 7.14. The van der Waals surface area contributed by atoms with E-state index in [0.717, 1.165) is 29.8 Å². The Morgan fingerprint density at radius 1 is 0.966 bits per heavy atom. The minimum Gasteiger partial charge on any atom is -0.458 e. The lowest BCUT2D eigenvalue weighted by atomic mass is 10.0. The number of carbonyl (C=O) groups excluding carboxylic acids is 2. The number of benzene rings is 2. The van der Waals surface area contributed by atoms with E-state index in [1.807, 2.05) is 6.07 Å². The zero-order valence-corrected chi connectivity index (χ0v) is 16.2. The molecule has 0 bridgehead atoms. The van der Waals surface area contributed by atoms with Gasteiger partial charge < -0.3 is 14.8 Å². The van der Waals surface area contributed by atoms with Crippen molar-refractivity contribution in [2.45, 2.75) is 45.2 Å². The van der Waals surface area contributed by atoms with Crippen LogP contribution in [0, 0.1) is 0 Å². The zero-order chi connectivity index (χ0) is 21.7. The summed E-state index contributed by atoms with van der Waals surface area (Å²) in [7, 11) is 0. The molecule has 8 heteroatoms. The summed E-state index contributed by atoms with van der Waals surface area (Å²) in [5.41, 5.74) is -0.831.